The Labute approximate surface area is 108 Å². The molecule has 0 saturated carbocycles. The minimum absolute atomic E-state index is 0.614. The van der Waals surface area contributed by atoms with E-state index in [4.69, 9.17) is 4.42 Å². The van der Waals surface area contributed by atoms with Crippen molar-refractivity contribution in [3.05, 3.63) is 59.0 Å². The van der Waals surface area contributed by atoms with Crippen LogP contribution in [0.25, 0.3) is 0 Å². The van der Waals surface area contributed by atoms with E-state index in [1.165, 1.54) is 5.56 Å². The molecule has 2 rings (SSSR count). The number of aliphatic hydroxyl groups is 1. The Bertz CT molecular complexity index is 511. The summed E-state index contributed by atoms with van der Waals surface area (Å²) in [7, 11) is 0. The molecule has 0 aliphatic heterocycles. The summed E-state index contributed by atoms with van der Waals surface area (Å²) in [5, 5.41) is 10.3. The Morgan fingerprint density at radius 1 is 1.22 bits per heavy atom. The van der Waals surface area contributed by atoms with Gasteiger partial charge in [0.2, 0.25) is 0 Å². The summed E-state index contributed by atoms with van der Waals surface area (Å²) in [5.41, 5.74) is 3.13. The van der Waals surface area contributed by atoms with Gasteiger partial charge in [0.25, 0.3) is 0 Å². The van der Waals surface area contributed by atoms with Gasteiger partial charge in [0.15, 0.2) is 0 Å². The Morgan fingerprint density at radius 2 is 2.00 bits per heavy atom. The molecular formula is C16H20O2. The number of hydrogen-bond donors (Lipinski definition) is 1. The largest absolute Gasteiger partial charge is 0.466 e. The SMILES string of the molecule is Cc1ccoc1C(O)c1cccc(CC(C)C)c1. The highest BCUT2D eigenvalue weighted by Gasteiger charge is 2.16. The normalized spacial score (nSPS) is 12.9. The third-order valence-corrected chi connectivity index (χ3v) is 3.06. The van der Waals surface area contributed by atoms with Gasteiger partial charge in [-0.25, -0.2) is 0 Å². The monoisotopic (exact) mass is 244 g/mol. The molecule has 0 saturated heterocycles. The maximum atomic E-state index is 10.3. The molecule has 0 amide bonds. The number of aliphatic hydroxyl groups excluding tert-OH is 1. The average Bonchev–Trinajstić information content (AvgIpc) is 2.74. The van der Waals surface area contributed by atoms with Crippen molar-refractivity contribution < 1.29 is 9.52 Å². The molecule has 1 aromatic heterocycles. The molecule has 0 bridgehead atoms. The maximum absolute atomic E-state index is 10.3. The highest BCUT2D eigenvalue weighted by atomic mass is 16.4. The first-order valence-electron chi connectivity index (χ1n) is 6.39. The van der Waals surface area contributed by atoms with Crippen molar-refractivity contribution in [2.75, 3.05) is 0 Å². The van der Waals surface area contributed by atoms with Crippen molar-refractivity contribution in [2.24, 2.45) is 5.92 Å². The first kappa shape index (κ1) is 12.9. The summed E-state index contributed by atoms with van der Waals surface area (Å²) < 4.78 is 5.35. The van der Waals surface area contributed by atoms with E-state index in [9.17, 15) is 5.11 Å². The fraction of sp³-hybridized carbons (Fsp3) is 0.375. The van der Waals surface area contributed by atoms with Crippen LogP contribution in [-0.4, -0.2) is 5.11 Å². The smallest absolute Gasteiger partial charge is 0.139 e. The lowest BCUT2D eigenvalue weighted by Gasteiger charge is -2.12. The van der Waals surface area contributed by atoms with Crippen LogP contribution in [-0.2, 0) is 6.42 Å². The molecule has 0 fully saturated rings. The quantitative estimate of drug-likeness (QED) is 0.885. The topological polar surface area (TPSA) is 33.4 Å². The van der Waals surface area contributed by atoms with E-state index in [1.807, 2.05) is 25.1 Å². The van der Waals surface area contributed by atoms with Crippen LogP contribution in [0.1, 0.15) is 42.4 Å². The molecule has 2 nitrogen and oxygen atoms in total. The minimum Gasteiger partial charge on any atom is -0.466 e. The van der Waals surface area contributed by atoms with Crippen LogP contribution in [0.2, 0.25) is 0 Å². The van der Waals surface area contributed by atoms with Crippen molar-refractivity contribution in [1.82, 2.24) is 0 Å². The standard InChI is InChI=1S/C16H20O2/c1-11(2)9-13-5-4-6-14(10-13)15(17)16-12(3)7-8-18-16/h4-8,10-11,15,17H,9H2,1-3H3. The maximum Gasteiger partial charge on any atom is 0.139 e. The molecule has 1 atom stereocenters. The zero-order valence-electron chi connectivity index (χ0n) is 11.2. The van der Waals surface area contributed by atoms with Crippen molar-refractivity contribution in [3.63, 3.8) is 0 Å². The van der Waals surface area contributed by atoms with Gasteiger partial charge in [0.1, 0.15) is 11.9 Å². The summed E-state index contributed by atoms with van der Waals surface area (Å²) >= 11 is 0. The number of aryl methyl sites for hydroxylation is 1. The van der Waals surface area contributed by atoms with Crippen LogP contribution in [0.3, 0.4) is 0 Å². The molecule has 1 heterocycles. The van der Waals surface area contributed by atoms with Crippen LogP contribution in [0.15, 0.2) is 41.0 Å². The molecule has 0 aliphatic carbocycles. The van der Waals surface area contributed by atoms with Crippen LogP contribution < -0.4 is 0 Å². The van der Waals surface area contributed by atoms with Crippen LogP contribution in [0.5, 0.6) is 0 Å². The molecule has 0 spiro atoms. The molecule has 2 aromatic rings. The van der Waals surface area contributed by atoms with Gasteiger partial charge >= 0.3 is 0 Å². The molecule has 2 heteroatoms. The summed E-state index contributed by atoms with van der Waals surface area (Å²) in [6.07, 6.45) is 1.97. The lowest BCUT2D eigenvalue weighted by molar-refractivity contribution is 0.188. The Morgan fingerprint density at radius 3 is 2.61 bits per heavy atom. The third-order valence-electron chi connectivity index (χ3n) is 3.06. The minimum atomic E-state index is -0.674. The van der Waals surface area contributed by atoms with Crippen LogP contribution >= 0.6 is 0 Å². The van der Waals surface area contributed by atoms with E-state index in [0.29, 0.717) is 11.7 Å². The number of hydrogen-bond acceptors (Lipinski definition) is 2. The van der Waals surface area contributed by atoms with E-state index in [0.717, 1.165) is 17.5 Å². The van der Waals surface area contributed by atoms with Gasteiger partial charge in [-0.2, -0.15) is 0 Å². The predicted octanol–water partition coefficient (Wildman–Crippen LogP) is 3.87. The molecule has 1 unspecified atom stereocenters. The Balaban J connectivity index is 2.25. The van der Waals surface area contributed by atoms with E-state index >= 15 is 0 Å². The summed E-state index contributed by atoms with van der Waals surface area (Å²) in [6, 6.07) is 9.97. The molecule has 0 radical (unpaired) electrons. The van der Waals surface area contributed by atoms with Crippen LogP contribution in [0.4, 0.5) is 0 Å². The number of rotatable bonds is 4. The van der Waals surface area contributed by atoms with Gasteiger partial charge in [0.05, 0.1) is 6.26 Å². The zero-order chi connectivity index (χ0) is 13.1. The predicted molar refractivity (Wildman–Crippen MR) is 72.5 cm³/mol. The summed E-state index contributed by atoms with van der Waals surface area (Å²) in [4.78, 5) is 0. The van der Waals surface area contributed by atoms with E-state index in [2.05, 4.69) is 26.0 Å². The highest BCUT2D eigenvalue weighted by Crippen LogP contribution is 2.26. The van der Waals surface area contributed by atoms with Gasteiger partial charge in [-0.15, -0.1) is 0 Å². The van der Waals surface area contributed by atoms with Crippen molar-refractivity contribution in [1.29, 1.82) is 0 Å². The Hall–Kier alpha value is -1.54. The van der Waals surface area contributed by atoms with Gasteiger partial charge < -0.3 is 9.52 Å². The molecular weight excluding hydrogens is 224 g/mol. The second kappa shape index (κ2) is 5.40. The number of benzene rings is 1. The second-order valence-corrected chi connectivity index (χ2v) is 5.21. The first-order valence-corrected chi connectivity index (χ1v) is 6.39. The van der Waals surface area contributed by atoms with E-state index < -0.39 is 6.10 Å². The third kappa shape index (κ3) is 2.82. The lowest BCUT2D eigenvalue weighted by atomic mass is 9.98. The summed E-state index contributed by atoms with van der Waals surface area (Å²) in [6.45, 7) is 6.33. The molecule has 18 heavy (non-hydrogen) atoms. The van der Waals surface area contributed by atoms with Gasteiger partial charge in [0, 0.05) is 0 Å². The van der Waals surface area contributed by atoms with Crippen LogP contribution in [0, 0.1) is 12.8 Å². The second-order valence-electron chi connectivity index (χ2n) is 5.21. The first-order chi connectivity index (χ1) is 8.58. The Kier molecular flexibility index (Phi) is 3.87. The van der Waals surface area contributed by atoms with Crippen molar-refractivity contribution >= 4 is 0 Å². The number of furan rings is 1. The highest BCUT2D eigenvalue weighted by molar-refractivity contribution is 5.32. The fourth-order valence-electron chi connectivity index (χ4n) is 2.18. The molecule has 1 aromatic carbocycles. The van der Waals surface area contributed by atoms with Gasteiger partial charge in [-0.05, 0) is 42.0 Å². The summed E-state index contributed by atoms with van der Waals surface area (Å²) in [5.74, 6) is 1.25. The van der Waals surface area contributed by atoms with Crippen molar-refractivity contribution in [2.45, 2.75) is 33.3 Å². The van der Waals surface area contributed by atoms with Crippen molar-refractivity contribution in [3.8, 4) is 0 Å². The van der Waals surface area contributed by atoms with E-state index in [1.54, 1.807) is 6.26 Å². The zero-order valence-corrected chi connectivity index (χ0v) is 11.2. The van der Waals surface area contributed by atoms with E-state index in [-0.39, 0.29) is 0 Å². The fourth-order valence-corrected chi connectivity index (χ4v) is 2.18. The van der Waals surface area contributed by atoms with Gasteiger partial charge in [-0.3, -0.25) is 0 Å². The lowest BCUT2D eigenvalue weighted by Crippen LogP contribution is -2.02. The van der Waals surface area contributed by atoms with Gasteiger partial charge in [-0.1, -0.05) is 38.1 Å². The molecule has 96 valence electrons. The average molecular weight is 244 g/mol. The molecule has 0 aliphatic rings. The molecule has 1 N–H and O–H groups in total.